The van der Waals surface area contributed by atoms with Crippen LogP contribution in [0.4, 0.5) is 5.69 Å². The topological polar surface area (TPSA) is 76.7 Å². The molecule has 2 amide bonds. The van der Waals surface area contributed by atoms with E-state index in [9.17, 15) is 9.59 Å². The van der Waals surface area contributed by atoms with E-state index in [-0.39, 0.29) is 11.8 Å². The Kier molecular flexibility index (Phi) is 5.56. The van der Waals surface area contributed by atoms with Crippen molar-refractivity contribution in [3.63, 3.8) is 0 Å². The molecule has 2 aromatic rings. The maximum absolute atomic E-state index is 12.8. The van der Waals surface area contributed by atoms with Crippen LogP contribution in [0.15, 0.2) is 42.5 Å². The first-order valence-electron chi connectivity index (χ1n) is 8.55. The van der Waals surface area contributed by atoms with E-state index in [2.05, 4.69) is 10.6 Å². The van der Waals surface area contributed by atoms with E-state index in [0.717, 1.165) is 5.56 Å². The standard InChI is InChI=1S/C20H21ClN2O4/c1-26-16-11-15(17(27-2)10-14(16)21)23-19(25)20(8-9-20)18(24)22-12-13-6-4-3-5-7-13/h3-7,10-11H,8-9,12H2,1-2H3,(H,22,24)(H,23,25). The van der Waals surface area contributed by atoms with Crippen molar-refractivity contribution in [1.82, 2.24) is 5.32 Å². The number of halogens is 1. The Morgan fingerprint density at radius 1 is 1.04 bits per heavy atom. The highest BCUT2D eigenvalue weighted by molar-refractivity contribution is 6.32. The zero-order valence-electron chi connectivity index (χ0n) is 15.2. The molecule has 7 heteroatoms. The van der Waals surface area contributed by atoms with Gasteiger partial charge < -0.3 is 20.1 Å². The van der Waals surface area contributed by atoms with Crippen LogP contribution in [0.2, 0.25) is 5.02 Å². The molecule has 0 aliphatic heterocycles. The minimum absolute atomic E-state index is 0.274. The average molecular weight is 389 g/mol. The van der Waals surface area contributed by atoms with Crippen molar-refractivity contribution in [2.24, 2.45) is 5.41 Å². The molecule has 0 spiro atoms. The molecular weight excluding hydrogens is 368 g/mol. The molecule has 0 atom stereocenters. The zero-order chi connectivity index (χ0) is 19.4. The van der Waals surface area contributed by atoms with Crippen LogP contribution in [0, 0.1) is 5.41 Å². The Bertz CT molecular complexity index is 851. The number of carbonyl (C=O) groups excluding carboxylic acids is 2. The van der Waals surface area contributed by atoms with Gasteiger partial charge in [0.2, 0.25) is 11.8 Å². The molecule has 2 N–H and O–H groups in total. The van der Waals surface area contributed by atoms with Gasteiger partial charge in [0.15, 0.2) is 0 Å². The van der Waals surface area contributed by atoms with Gasteiger partial charge in [-0.2, -0.15) is 0 Å². The molecule has 27 heavy (non-hydrogen) atoms. The number of benzene rings is 2. The highest BCUT2D eigenvalue weighted by Gasteiger charge is 2.56. The molecule has 0 unspecified atom stereocenters. The lowest BCUT2D eigenvalue weighted by Crippen LogP contribution is -2.39. The molecule has 0 heterocycles. The summed E-state index contributed by atoms with van der Waals surface area (Å²) < 4.78 is 10.5. The van der Waals surface area contributed by atoms with Gasteiger partial charge in [0, 0.05) is 18.7 Å². The summed E-state index contributed by atoms with van der Waals surface area (Å²) in [7, 11) is 2.96. The molecule has 1 saturated carbocycles. The Labute approximate surface area is 162 Å². The Morgan fingerprint density at radius 2 is 1.70 bits per heavy atom. The van der Waals surface area contributed by atoms with Gasteiger partial charge in [-0.3, -0.25) is 9.59 Å². The lowest BCUT2D eigenvalue weighted by Gasteiger charge is -2.18. The monoisotopic (exact) mass is 388 g/mol. The fourth-order valence-electron chi connectivity index (χ4n) is 2.83. The van der Waals surface area contributed by atoms with Crippen LogP contribution in [0.5, 0.6) is 11.5 Å². The summed E-state index contributed by atoms with van der Waals surface area (Å²) in [5.41, 5.74) is 0.337. The molecule has 1 aliphatic rings. The first kappa shape index (κ1) is 19.0. The molecule has 0 aromatic heterocycles. The van der Waals surface area contributed by atoms with Gasteiger partial charge >= 0.3 is 0 Å². The van der Waals surface area contributed by atoms with E-state index < -0.39 is 5.41 Å². The largest absolute Gasteiger partial charge is 0.495 e. The van der Waals surface area contributed by atoms with Crippen molar-refractivity contribution in [2.75, 3.05) is 19.5 Å². The molecular formula is C20H21ClN2O4. The summed E-state index contributed by atoms with van der Waals surface area (Å²) in [4.78, 5) is 25.4. The fourth-order valence-corrected chi connectivity index (χ4v) is 3.06. The van der Waals surface area contributed by atoms with Crippen LogP contribution in [0.1, 0.15) is 18.4 Å². The van der Waals surface area contributed by atoms with E-state index in [1.165, 1.54) is 14.2 Å². The zero-order valence-corrected chi connectivity index (χ0v) is 15.9. The number of anilines is 1. The average Bonchev–Trinajstić information content (AvgIpc) is 3.50. The highest BCUT2D eigenvalue weighted by Crippen LogP contribution is 2.47. The van der Waals surface area contributed by atoms with Gasteiger partial charge in [-0.05, 0) is 18.4 Å². The molecule has 1 aliphatic carbocycles. The maximum Gasteiger partial charge on any atom is 0.240 e. The van der Waals surface area contributed by atoms with Gasteiger partial charge in [0.05, 0.1) is 24.9 Å². The molecule has 0 radical (unpaired) electrons. The minimum Gasteiger partial charge on any atom is -0.495 e. The predicted molar refractivity (Wildman–Crippen MR) is 103 cm³/mol. The van der Waals surface area contributed by atoms with Crippen LogP contribution in [0.25, 0.3) is 0 Å². The number of carbonyl (C=O) groups is 2. The smallest absolute Gasteiger partial charge is 0.240 e. The van der Waals surface area contributed by atoms with Gasteiger partial charge in [0.1, 0.15) is 16.9 Å². The number of hydrogen-bond acceptors (Lipinski definition) is 4. The highest BCUT2D eigenvalue weighted by atomic mass is 35.5. The lowest BCUT2D eigenvalue weighted by molar-refractivity contribution is -0.134. The van der Waals surface area contributed by atoms with Gasteiger partial charge in [-0.1, -0.05) is 41.9 Å². The molecule has 6 nitrogen and oxygen atoms in total. The van der Waals surface area contributed by atoms with Crippen molar-refractivity contribution in [2.45, 2.75) is 19.4 Å². The summed E-state index contributed by atoms with van der Waals surface area (Å²) in [5, 5.41) is 6.00. The number of rotatable bonds is 7. The third-order valence-corrected chi connectivity index (χ3v) is 4.93. The van der Waals surface area contributed by atoms with Gasteiger partial charge in [-0.15, -0.1) is 0 Å². The molecule has 0 bridgehead atoms. The van der Waals surface area contributed by atoms with Gasteiger partial charge in [-0.25, -0.2) is 0 Å². The Balaban J connectivity index is 1.71. The first-order valence-corrected chi connectivity index (χ1v) is 8.93. The molecule has 3 rings (SSSR count). The predicted octanol–water partition coefficient (Wildman–Crippen LogP) is 3.39. The molecule has 1 fully saturated rings. The van der Waals surface area contributed by atoms with E-state index in [0.29, 0.717) is 41.6 Å². The van der Waals surface area contributed by atoms with Crippen LogP contribution in [-0.4, -0.2) is 26.0 Å². The summed E-state index contributed by atoms with van der Waals surface area (Å²) in [6.07, 6.45) is 1.01. The number of ether oxygens (including phenoxy) is 2. The number of hydrogen-bond donors (Lipinski definition) is 2. The van der Waals surface area contributed by atoms with E-state index in [1.807, 2.05) is 30.3 Å². The van der Waals surface area contributed by atoms with Crippen molar-refractivity contribution in [1.29, 1.82) is 0 Å². The normalized spacial score (nSPS) is 14.2. The third-order valence-electron chi connectivity index (χ3n) is 4.64. The minimum atomic E-state index is -1.05. The molecule has 2 aromatic carbocycles. The third kappa shape index (κ3) is 4.01. The van der Waals surface area contributed by atoms with Gasteiger partial charge in [0.25, 0.3) is 0 Å². The summed E-state index contributed by atoms with van der Waals surface area (Å²) >= 11 is 6.09. The SMILES string of the molecule is COc1cc(NC(=O)C2(C(=O)NCc3ccccc3)CC2)c(OC)cc1Cl. The van der Waals surface area contributed by atoms with Crippen LogP contribution < -0.4 is 20.1 Å². The summed E-state index contributed by atoms with van der Waals surface area (Å²) in [6, 6.07) is 12.7. The second-order valence-corrected chi connectivity index (χ2v) is 6.80. The maximum atomic E-state index is 12.8. The quantitative estimate of drug-likeness (QED) is 0.713. The second kappa shape index (κ2) is 7.88. The van der Waals surface area contributed by atoms with Crippen LogP contribution >= 0.6 is 11.6 Å². The summed E-state index contributed by atoms with van der Waals surface area (Å²) in [5.74, 6) is 0.167. The fraction of sp³-hybridized carbons (Fsp3) is 0.300. The lowest BCUT2D eigenvalue weighted by atomic mass is 10.0. The van der Waals surface area contributed by atoms with Crippen LogP contribution in [-0.2, 0) is 16.1 Å². The number of nitrogens with one attached hydrogen (secondary N) is 2. The van der Waals surface area contributed by atoms with Crippen molar-refractivity contribution in [3.8, 4) is 11.5 Å². The second-order valence-electron chi connectivity index (χ2n) is 6.39. The number of amides is 2. The van der Waals surface area contributed by atoms with E-state index in [4.69, 9.17) is 21.1 Å². The van der Waals surface area contributed by atoms with E-state index in [1.54, 1.807) is 12.1 Å². The Hall–Kier alpha value is -2.73. The molecule has 0 saturated heterocycles. The van der Waals surface area contributed by atoms with Crippen molar-refractivity contribution < 1.29 is 19.1 Å². The van der Waals surface area contributed by atoms with Crippen LogP contribution in [0.3, 0.4) is 0 Å². The van der Waals surface area contributed by atoms with Crippen molar-refractivity contribution in [3.05, 3.63) is 53.1 Å². The van der Waals surface area contributed by atoms with Crippen molar-refractivity contribution >= 4 is 29.1 Å². The number of methoxy groups -OCH3 is 2. The molecule has 142 valence electrons. The van der Waals surface area contributed by atoms with E-state index >= 15 is 0 Å². The Morgan fingerprint density at radius 3 is 2.30 bits per heavy atom. The summed E-state index contributed by atoms with van der Waals surface area (Å²) in [6.45, 7) is 0.382. The first-order chi connectivity index (χ1) is 13.0.